The van der Waals surface area contributed by atoms with Crippen molar-refractivity contribution >= 4 is 28.2 Å². The first kappa shape index (κ1) is 18.5. The fourth-order valence-electron chi connectivity index (χ4n) is 3.19. The minimum absolute atomic E-state index is 0.0412. The largest absolute Gasteiger partial charge is 0.481 e. The topological polar surface area (TPSA) is 90.2 Å². The van der Waals surface area contributed by atoms with Crippen molar-refractivity contribution in [2.24, 2.45) is 11.3 Å². The van der Waals surface area contributed by atoms with E-state index in [0.717, 1.165) is 24.8 Å². The molecule has 1 aromatic rings. The number of carbonyl (C=O) groups excluding carboxylic acids is 1. The molecule has 1 amide bonds. The number of hydrogen-bond donors (Lipinski definition) is 2. The summed E-state index contributed by atoms with van der Waals surface area (Å²) in [4.78, 5) is 24.6. The highest BCUT2D eigenvalue weighted by atomic mass is 32.1. The summed E-state index contributed by atoms with van der Waals surface area (Å²) in [6.45, 7) is 5.90. The van der Waals surface area contributed by atoms with Gasteiger partial charge in [-0.1, -0.05) is 20.8 Å². The van der Waals surface area contributed by atoms with Gasteiger partial charge in [0.1, 0.15) is 11.1 Å². The molecule has 0 aliphatic heterocycles. The molecule has 6 heteroatoms. The smallest absolute Gasteiger partial charge is 0.303 e. The Labute approximate surface area is 146 Å². The van der Waals surface area contributed by atoms with Crippen LogP contribution in [0.5, 0.6) is 0 Å². The van der Waals surface area contributed by atoms with Crippen LogP contribution in [0.2, 0.25) is 0 Å². The van der Waals surface area contributed by atoms with E-state index in [4.69, 9.17) is 5.11 Å². The van der Waals surface area contributed by atoms with E-state index in [9.17, 15) is 14.9 Å². The van der Waals surface area contributed by atoms with Crippen molar-refractivity contribution in [2.75, 3.05) is 5.32 Å². The number of thiophene rings is 1. The van der Waals surface area contributed by atoms with E-state index in [2.05, 4.69) is 18.3 Å². The van der Waals surface area contributed by atoms with Crippen LogP contribution < -0.4 is 5.32 Å². The number of carboxylic acids is 1. The summed E-state index contributed by atoms with van der Waals surface area (Å²) in [5.74, 6) is -0.514. The molecule has 1 heterocycles. The zero-order valence-corrected chi connectivity index (χ0v) is 15.3. The number of nitrogens with one attached hydrogen (secondary N) is 1. The van der Waals surface area contributed by atoms with Crippen molar-refractivity contribution in [3.8, 4) is 6.07 Å². The number of nitrogens with zero attached hydrogens (tertiary/aromatic N) is 1. The third-order valence-electron chi connectivity index (χ3n) is 4.90. The summed E-state index contributed by atoms with van der Waals surface area (Å²) < 4.78 is 0. The molecule has 1 aliphatic carbocycles. The first-order chi connectivity index (χ1) is 11.3. The molecule has 5 nitrogen and oxygen atoms in total. The van der Waals surface area contributed by atoms with Crippen LogP contribution in [0.15, 0.2) is 0 Å². The molecule has 130 valence electrons. The van der Waals surface area contributed by atoms with E-state index in [0.29, 0.717) is 22.9 Å². The van der Waals surface area contributed by atoms with Crippen LogP contribution in [-0.4, -0.2) is 17.0 Å². The maximum atomic E-state index is 12.4. The summed E-state index contributed by atoms with van der Waals surface area (Å²) in [6, 6.07) is 2.23. The van der Waals surface area contributed by atoms with E-state index in [1.54, 1.807) is 0 Å². The summed E-state index contributed by atoms with van der Waals surface area (Å²) >= 11 is 1.50. The Hall–Kier alpha value is -1.87. The van der Waals surface area contributed by atoms with Crippen molar-refractivity contribution < 1.29 is 14.7 Å². The van der Waals surface area contributed by atoms with Gasteiger partial charge < -0.3 is 10.4 Å². The van der Waals surface area contributed by atoms with Crippen LogP contribution in [0.25, 0.3) is 0 Å². The lowest BCUT2D eigenvalue weighted by Crippen LogP contribution is -2.27. The molecule has 24 heavy (non-hydrogen) atoms. The fourth-order valence-corrected chi connectivity index (χ4v) is 4.57. The van der Waals surface area contributed by atoms with Crippen molar-refractivity contribution in [3.05, 3.63) is 16.0 Å². The van der Waals surface area contributed by atoms with Crippen molar-refractivity contribution in [1.29, 1.82) is 5.26 Å². The summed E-state index contributed by atoms with van der Waals surface area (Å²) in [6.07, 6.45) is 3.61. The van der Waals surface area contributed by atoms with Gasteiger partial charge in [0.25, 0.3) is 0 Å². The molecule has 0 unspecified atom stereocenters. The minimum Gasteiger partial charge on any atom is -0.481 e. The van der Waals surface area contributed by atoms with Gasteiger partial charge in [-0.2, -0.15) is 5.26 Å². The highest BCUT2D eigenvalue weighted by Crippen LogP contribution is 2.39. The van der Waals surface area contributed by atoms with Crippen LogP contribution in [0.1, 0.15) is 62.5 Å². The molecule has 0 fully saturated rings. The molecule has 0 radical (unpaired) electrons. The Bertz CT molecular complexity index is 689. The average molecular weight is 348 g/mol. The van der Waals surface area contributed by atoms with Crippen molar-refractivity contribution in [2.45, 2.75) is 59.3 Å². The van der Waals surface area contributed by atoms with Gasteiger partial charge in [0.2, 0.25) is 5.91 Å². The Kier molecular flexibility index (Phi) is 5.66. The number of fused-ring (bicyclic) bond motifs is 1. The maximum Gasteiger partial charge on any atom is 0.303 e. The lowest BCUT2D eigenvalue weighted by atomic mass is 9.80. The lowest BCUT2D eigenvalue weighted by molar-refractivity contribution is -0.140. The lowest BCUT2D eigenvalue weighted by Gasteiger charge is -2.25. The van der Waals surface area contributed by atoms with Crippen LogP contribution in [-0.2, 0) is 22.4 Å². The molecule has 0 saturated heterocycles. The van der Waals surface area contributed by atoms with Crippen LogP contribution in [0.4, 0.5) is 5.00 Å². The number of amides is 1. The van der Waals surface area contributed by atoms with Gasteiger partial charge in [-0.3, -0.25) is 9.59 Å². The summed E-state index contributed by atoms with van der Waals surface area (Å²) in [5, 5.41) is 22.0. The van der Waals surface area contributed by atoms with E-state index in [1.165, 1.54) is 16.2 Å². The second kappa shape index (κ2) is 7.35. The Balaban J connectivity index is 2.15. The first-order valence-electron chi connectivity index (χ1n) is 8.34. The van der Waals surface area contributed by atoms with Gasteiger partial charge in [0.05, 0.1) is 12.0 Å². The number of anilines is 1. The van der Waals surface area contributed by atoms with Gasteiger partial charge in [0, 0.05) is 11.3 Å². The van der Waals surface area contributed by atoms with Gasteiger partial charge in [-0.15, -0.1) is 11.3 Å². The van der Waals surface area contributed by atoms with E-state index in [1.807, 2.05) is 13.8 Å². The van der Waals surface area contributed by atoms with Gasteiger partial charge in [0.15, 0.2) is 0 Å². The predicted molar refractivity (Wildman–Crippen MR) is 94.1 cm³/mol. The maximum absolute atomic E-state index is 12.4. The molecular weight excluding hydrogens is 324 g/mol. The SMILES string of the molecule is CC[C@@](C)(CC(=O)O)CC(=O)Nc1sc2c(c1C#N)CC[C@H](C)C2. The molecule has 2 atom stereocenters. The van der Waals surface area contributed by atoms with Crippen molar-refractivity contribution in [3.63, 3.8) is 0 Å². The Morgan fingerprint density at radius 1 is 1.46 bits per heavy atom. The third kappa shape index (κ3) is 4.15. The summed E-state index contributed by atoms with van der Waals surface area (Å²) in [5.41, 5.74) is 1.10. The third-order valence-corrected chi connectivity index (χ3v) is 6.07. The fraction of sp³-hybridized carbons (Fsp3) is 0.611. The molecule has 1 aromatic heterocycles. The number of rotatable bonds is 6. The minimum atomic E-state index is -0.898. The monoisotopic (exact) mass is 348 g/mol. The highest BCUT2D eigenvalue weighted by Gasteiger charge is 2.30. The molecule has 2 rings (SSSR count). The number of nitriles is 1. The second-order valence-corrected chi connectivity index (χ2v) is 8.23. The van der Waals surface area contributed by atoms with Gasteiger partial charge in [-0.25, -0.2) is 0 Å². The zero-order valence-electron chi connectivity index (χ0n) is 14.4. The van der Waals surface area contributed by atoms with Crippen LogP contribution >= 0.6 is 11.3 Å². The molecule has 0 bridgehead atoms. The number of carboxylic acid groups (broad SMARTS) is 1. The Morgan fingerprint density at radius 3 is 2.75 bits per heavy atom. The number of aliphatic carboxylic acids is 1. The predicted octanol–water partition coefficient (Wildman–Crippen LogP) is 3.96. The highest BCUT2D eigenvalue weighted by molar-refractivity contribution is 7.16. The normalized spacial score (nSPS) is 19.0. The quantitative estimate of drug-likeness (QED) is 0.814. The number of hydrogen-bond acceptors (Lipinski definition) is 4. The molecule has 0 saturated carbocycles. The molecule has 0 spiro atoms. The average Bonchev–Trinajstić information content (AvgIpc) is 2.81. The van der Waals surface area contributed by atoms with E-state index >= 15 is 0 Å². The Morgan fingerprint density at radius 2 is 2.17 bits per heavy atom. The second-order valence-electron chi connectivity index (χ2n) is 7.13. The van der Waals surface area contributed by atoms with Gasteiger partial charge >= 0.3 is 5.97 Å². The van der Waals surface area contributed by atoms with Crippen LogP contribution in [0.3, 0.4) is 0 Å². The van der Waals surface area contributed by atoms with E-state index in [-0.39, 0.29) is 18.7 Å². The first-order valence-corrected chi connectivity index (χ1v) is 9.16. The van der Waals surface area contributed by atoms with Crippen LogP contribution in [0, 0.1) is 22.7 Å². The van der Waals surface area contributed by atoms with E-state index < -0.39 is 11.4 Å². The molecule has 0 aromatic carbocycles. The standard InChI is InChI=1S/C18H24N2O3S/c1-4-18(3,9-16(22)23)8-15(21)20-17-13(10-19)12-6-5-11(2)7-14(12)24-17/h11H,4-9H2,1-3H3,(H,20,21)(H,22,23)/t11-,18+/m0/s1. The number of carbonyl (C=O) groups is 2. The molecule has 2 N–H and O–H groups in total. The molecule has 1 aliphatic rings. The van der Waals surface area contributed by atoms with Crippen molar-refractivity contribution in [1.82, 2.24) is 0 Å². The van der Waals surface area contributed by atoms with Gasteiger partial charge in [-0.05, 0) is 42.6 Å². The zero-order chi connectivity index (χ0) is 17.9. The summed E-state index contributed by atoms with van der Waals surface area (Å²) in [7, 11) is 0. The molecular formula is C18H24N2O3S.